The van der Waals surface area contributed by atoms with E-state index in [1.54, 1.807) is 13.0 Å². The lowest BCUT2D eigenvalue weighted by atomic mass is 9.90. The van der Waals surface area contributed by atoms with Gasteiger partial charge in [-0.25, -0.2) is 4.39 Å². The monoisotopic (exact) mass is 297 g/mol. The molecule has 0 aliphatic carbocycles. The topological polar surface area (TPSA) is 67.8 Å². The van der Waals surface area contributed by atoms with E-state index < -0.39 is 23.4 Å². The molecule has 0 aromatic heterocycles. The highest BCUT2D eigenvalue weighted by atomic mass is 19.1. The summed E-state index contributed by atoms with van der Waals surface area (Å²) in [7, 11) is 2.81. The van der Waals surface area contributed by atoms with Gasteiger partial charge in [-0.15, -0.1) is 0 Å². The van der Waals surface area contributed by atoms with Crippen LogP contribution in [0.15, 0.2) is 18.2 Å². The maximum atomic E-state index is 14.1. The minimum absolute atomic E-state index is 0.152. The van der Waals surface area contributed by atoms with E-state index in [1.807, 2.05) is 0 Å². The molecule has 116 valence electrons. The summed E-state index contributed by atoms with van der Waals surface area (Å²) >= 11 is 0. The number of hydrogen-bond acceptors (Lipinski definition) is 5. The molecule has 3 unspecified atom stereocenters. The van der Waals surface area contributed by atoms with Crippen LogP contribution < -0.4 is 10.1 Å². The molecule has 0 bridgehead atoms. The summed E-state index contributed by atoms with van der Waals surface area (Å²) in [6, 6.07) is 3.95. The predicted octanol–water partition coefficient (Wildman–Crippen LogP) is 1.41. The molecular weight excluding hydrogens is 277 g/mol. The second-order valence-corrected chi connectivity index (χ2v) is 5.48. The Morgan fingerprint density at radius 2 is 2.24 bits per heavy atom. The van der Waals surface area contributed by atoms with Gasteiger partial charge >= 0.3 is 5.97 Å². The van der Waals surface area contributed by atoms with Gasteiger partial charge in [0.2, 0.25) is 0 Å². The van der Waals surface area contributed by atoms with Gasteiger partial charge in [-0.1, -0.05) is 0 Å². The highest BCUT2D eigenvalue weighted by Crippen LogP contribution is 2.40. The molecule has 1 aliphatic heterocycles. The van der Waals surface area contributed by atoms with Crippen molar-refractivity contribution in [2.24, 2.45) is 5.92 Å². The van der Waals surface area contributed by atoms with E-state index in [1.165, 1.54) is 26.4 Å². The quantitative estimate of drug-likeness (QED) is 0.823. The predicted molar refractivity (Wildman–Crippen MR) is 74.4 cm³/mol. The molecule has 1 fully saturated rings. The molecule has 2 rings (SSSR count). The van der Waals surface area contributed by atoms with Crippen molar-refractivity contribution in [3.05, 3.63) is 29.6 Å². The summed E-state index contributed by atoms with van der Waals surface area (Å²) in [4.78, 5) is 11.9. The molecule has 1 heterocycles. The third-order valence-electron chi connectivity index (χ3n) is 4.02. The van der Waals surface area contributed by atoms with E-state index >= 15 is 0 Å². The zero-order valence-corrected chi connectivity index (χ0v) is 12.4. The third-order valence-corrected chi connectivity index (χ3v) is 4.02. The largest absolute Gasteiger partial charge is 0.497 e. The first kappa shape index (κ1) is 15.7. The molecular formula is C15H20FNO4. The van der Waals surface area contributed by atoms with E-state index in [-0.39, 0.29) is 12.5 Å². The minimum atomic E-state index is -0.942. The maximum absolute atomic E-state index is 14.1. The Bertz CT molecular complexity index is 536. The number of carbonyl (C=O) groups is 1. The maximum Gasteiger partial charge on any atom is 0.325 e. The average molecular weight is 297 g/mol. The SMILES string of the molecule is COC(=O)C1(C)CC(CO)C(c2cc(OC)ccc2F)N1. The number of carbonyl (C=O) groups excluding carboxylic acids is 1. The van der Waals surface area contributed by atoms with Crippen LogP contribution in [0.4, 0.5) is 4.39 Å². The van der Waals surface area contributed by atoms with Crippen molar-refractivity contribution in [2.45, 2.75) is 24.9 Å². The van der Waals surface area contributed by atoms with Crippen molar-refractivity contribution in [2.75, 3.05) is 20.8 Å². The van der Waals surface area contributed by atoms with Crippen LogP contribution in [0.2, 0.25) is 0 Å². The molecule has 6 heteroatoms. The van der Waals surface area contributed by atoms with Crippen LogP contribution in [0.1, 0.15) is 24.9 Å². The zero-order valence-electron chi connectivity index (χ0n) is 12.4. The Labute approximate surface area is 123 Å². The lowest BCUT2D eigenvalue weighted by molar-refractivity contribution is -0.147. The number of esters is 1. The molecule has 0 radical (unpaired) electrons. The Balaban J connectivity index is 2.36. The lowest BCUT2D eigenvalue weighted by Gasteiger charge is -2.23. The fourth-order valence-corrected chi connectivity index (χ4v) is 2.92. The molecule has 0 amide bonds. The summed E-state index contributed by atoms with van der Waals surface area (Å²) in [6.45, 7) is 1.54. The molecule has 21 heavy (non-hydrogen) atoms. The molecule has 1 saturated heterocycles. The summed E-state index contributed by atoms with van der Waals surface area (Å²) < 4.78 is 24.0. The second-order valence-electron chi connectivity index (χ2n) is 5.48. The van der Waals surface area contributed by atoms with Gasteiger partial charge < -0.3 is 14.6 Å². The van der Waals surface area contributed by atoms with Gasteiger partial charge in [0.15, 0.2) is 0 Å². The normalized spacial score (nSPS) is 28.4. The first-order chi connectivity index (χ1) is 9.95. The van der Waals surface area contributed by atoms with Gasteiger partial charge in [-0.2, -0.15) is 0 Å². The standard InChI is InChI=1S/C15H20FNO4/c1-15(14(19)21-3)7-9(8-18)13(17-15)11-6-10(20-2)4-5-12(11)16/h4-6,9,13,17-18H,7-8H2,1-3H3. The first-order valence-electron chi connectivity index (χ1n) is 6.75. The number of benzene rings is 1. The van der Waals surface area contributed by atoms with Crippen LogP contribution in [0.25, 0.3) is 0 Å². The number of rotatable bonds is 4. The van der Waals surface area contributed by atoms with E-state index in [9.17, 15) is 14.3 Å². The van der Waals surface area contributed by atoms with Gasteiger partial charge in [0.1, 0.15) is 17.1 Å². The number of ether oxygens (including phenoxy) is 2. The number of methoxy groups -OCH3 is 2. The Hall–Kier alpha value is -1.66. The zero-order chi connectivity index (χ0) is 15.6. The van der Waals surface area contributed by atoms with Crippen LogP contribution in [0, 0.1) is 11.7 Å². The fourth-order valence-electron chi connectivity index (χ4n) is 2.92. The smallest absolute Gasteiger partial charge is 0.325 e. The fraction of sp³-hybridized carbons (Fsp3) is 0.533. The molecule has 1 aromatic carbocycles. The van der Waals surface area contributed by atoms with Crippen molar-refractivity contribution >= 4 is 5.97 Å². The van der Waals surface area contributed by atoms with Gasteiger partial charge in [0.05, 0.1) is 14.2 Å². The van der Waals surface area contributed by atoms with E-state index in [4.69, 9.17) is 9.47 Å². The molecule has 0 spiro atoms. The Kier molecular flexibility index (Phi) is 4.49. The number of nitrogens with one attached hydrogen (secondary N) is 1. The van der Waals surface area contributed by atoms with Crippen molar-refractivity contribution in [3.63, 3.8) is 0 Å². The molecule has 3 atom stereocenters. The number of aliphatic hydroxyl groups is 1. The third kappa shape index (κ3) is 2.87. The van der Waals surface area contributed by atoms with Gasteiger partial charge in [-0.05, 0) is 31.5 Å². The summed E-state index contributed by atoms with van der Waals surface area (Å²) in [6.07, 6.45) is 0.373. The minimum Gasteiger partial charge on any atom is -0.497 e. The van der Waals surface area contributed by atoms with Crippen LogP contribution in [0.5, 0.6) is 5.75 Å². The number of hydrogen-bond donors (Lipinski definition) is 2. The van der Waals surface area contributed by atoms with Crippen LogP contribution >= 0.6 is 0 Å². The summed E-state index contributed by atoms with van der Waals surface area (Å²) in [5.74, 6) is -0.583. The van der Waals surface area contributed by atoms with Crippen LogP contribution in [0.3, 0.4) is 0 Å². The molecule has 1 aliphatic rings. The molecule has 0 saturated carbocycles. The molecule has 5 nitrogen and oxygen atoms in total. The Morgan fingerprint density at radius 1 is 1.52 bits per heavy atom. The second kappa shape index (κ2) is 5.99. The first-order valence-corrected chi connectivity index (χ1v) is 6.75. The van der Waals surface area contributed by atoms with Gasteiger partial charge in [0.25, 0.3) is 0 Å². The van der Waals surface area contributed by atoms with Crippen molar-refractivity contribution in [1.29, 1.82) is 0 Å². The highest BCUT2D eigenvalue weighted by molar-refractivity contribution is 5.81. The van der Waals surface area contributed by atoms with E-state index in [2.05, 4.69) is 5.32 Å². The number of aliphatic hydroxyl groups excluding tert-OH is 1. The van der Waals surface area contributed by atoms with E-state index in [0.29, 0.717) is 17.7 Å². The lowest BCUT2D eigenvalue weighted by Crippen LogP contribution is -2.46. The van der Waals surface area contributed by atoms with Crippen molar-refractivity contribution in [1.82, 2.24) is 5.32 Å². The Morgan fingerprint density at radius 3 is 2.81 bits per heavy atom. The summed E-state index contributed by atoms with van der Waals surface area (Å²) in [5, 5.41) is 12.7. The highest BCUT2D eigenvalue weighted by Gasteiger charge is 2.48. The van der Waals surface area contributed by atoms with Crippen LogP contribution in [-0.2, 0) is 9.53 Å². The summed E-state index contributed by atoms with van der Waals surface area (Å²) in [5.41, 5.74) is -0.566. The molecule has 2 N–H and O–H groups in total. The average Bonchev–Trinajstić information content (AvgIpc) is 2.85. The van der Waals surface area contributed by atoms with E-state index in [0.717, 1.165) is 0 Å². The van der Waals surface area contributed by atoms with Crippen LogP contribution in [-0.4, -0.2) is 37.4 Å². The number of halogens is 1. The van der Waals surface area contributed by atoms with Gasteiger partial charge in [0, 0.05) is 24.1 Å². The van der Waals surface area contributed by atoms with Crippen molar-refractivity contribution in [3.8, 4) is 5.75 Å². The molecule has 1 aromatic rings. The van der Waals surface area contributed by atoms with Gasteiger partial charge in [-0.3, -0.25) is 10.1 Å². The van der Waals surface area contributed by atoms with Crippen molar-refractivity contribution < 1.29 is 23.8 Å².